The summed E-state index contributed by atoms with van der Waals surface area (Å²) in [6, 6.07) is 5.75. The molecule has 0 saturated heterocycles. The zero-order chi connectivity index (χ0) is 19.3. The fraction of sp³-hybridized carbons (Fsp3) is 0.133. The molecular formula is C15H6BrF7N2S. The number of benzene rings is 1. The number of halogens is 8. The summed E-state index contributed by atoms with van der Waals surface area (Å²) >= 11 is 4.17. The maximum absolute atomic E-state index is 14.1. The summed E-state index contributed by atoms with van der Waals surface area (Å²) in [5.41, 5.74) is -2.24. The molecule has 3 aromatic rings. The van der Waals surface area contributed by atoms with Crippen LogP contribution in [0.2, 0.25) is 0 Å². The molecule has 2 nitrogen and oxygen atoms in total. The number of aromatic nitrogens is 2. The quantitative estimate of drug-likeness (QED) is 0.421. The summed E-state index contributed by atoms with van der Waals surface area (Å²) in [5, 5.41) is 3.27. The van der Waals surface area contributed by atoms with E-state index in [0.29, 0.717) is 20.6 Å². The molecule has 2 aromatic heterocycles. The second kappa shape index (κ2) is 6.38. The molecule has 0 amide bonds. The van der Waals surface area contributed by atoms with E-state index in [9.17, 15) is 30.7 Å². The number of hydrogen-bond acceptors (Lipinski definition) is 2. The van der Waals surface area contributed by atoms with Crippen LogP contribution >= 0.6 is 27.3 Å². The first kappa shape index (κ1) is 18.9. The molecule has 11 heteroatoms. The zero-order valence-electron chi connectivity index (χ0n) is 12.3. The molecule has 3 rings (SSSR count). The molecule has 0 aliphatic carbocycles. The number of alkyl halides is 5. The number of nitrogens with zero attached hydrogens (tertiary/aromatic N) is 2. The molecule has 0 saturated carbocycles. The van der Waals surface area contributed by atoms with Gasteiger partial charge in [-0.2, -0.15) is 27.1 Å². The van der Waals surface area contributed by atoms with Crippen molar-refractivity contribution in [2.24, 2.45) is 0 Å². The van der Waals surface area contributed by atoms with Gasteiger partial charge < -0.3 is 0 Å². The Morgan fingerprint density at radius 2 is 1.65 bits per heavy atom. The summed E-state index contributed by atoms with van der Waals surface area (Å²) in [4.78, 5) is 0.261. The van der Waals surface area contributed by atoms with Crippen molar-refractivity contribution in [3.63, 3.8) is 0 Å². The SMILES string of the molecule is Fc1ccc(-n2nc(C(F)(F)C(F)(F)F)cc2-c2ccc(Br)s2)c(F)c1. The van der Waals surface area contributed by atoms with Gasteiger partial charge in [0.25, 0.3) is 0 Å². The van der Waals surface area contributed by atoms with Crippen LogP contribution < -0.4 is 0 Å². The first-order valence-corrected chi connectivity index (χ1v) is 8.38. The van der Waals surface area contributed by atoms with Crippen molar-refractivity contribution < 1.29 is 30.7 Å². The second-order valence-electron chi connectivity index (χ2n) is 5.10. The molecule has 0 fully saturated rings. The Hall–Kier alpha value is -1.88. The van der Waals surface area contributed by atoms with Gasteiger partial charge in [-0.1, -0.05) is 0 Å². The Morgan fingerprint density at radius 1 is 0.962 bits per heavy atom. The lowest BCUT2D eigenvalue weighted by molar-refractivity contribution is -0.291. The molecule has 0 radical (unpaired) electrons. The molecule has 26 heavy (non-hydrogen) atoms. The lowest BCUT2D eigenvalue weighted by Crippen LogP contribution is -2.34. The van der Waals surface area contributed by atoms with Crippen molar-refractivity contribution in [2.75, 3.05) is 0 Å². The van der Waals surface area contributed by atoms with Gasteiger partial charge in [0.2, 0.25) is 0 Å². The first-order valence-electron chi connectivity index (χ1n) is 6.77. The van der Waals surface area contributed by atoms with Crippen LogP contribution in [0.1, 0.15) is 5.69 Å². The summed E-state index contributed by atoms with van der Waals surface area (Å²) in [7, 11) is 0. The summed E-state index contributed by atoms with van der Waals surface area (Å²) in [6.07, 6.45) is -5.87. The number of hydrogen-bond donors (Lipinski definition) is 0. The lowest BCUT2D eigenvalue weighted by atomic mass is 10.2. The smallest absolute Gasteiger partial charge is 0.229 e. The van der Waals surface area contributed by atoms with Crippen LogP contribution in [0.4, 0.5) is 30.7 Å². The van der Waals surface area contributed by atoms with E-state index in [-0.39, 0.29) is 10.6 Å². The van der Waals surface area contributed by atoms with E-state index in [1.54, 1.807) is 6.07 Å². The van der Waals surface area contributed by atoms with Crippen LogP contribution in [0.3, 0.4) is 0 Å². The average molecular weight is 459 g/mol. The predicted molar refractivity (Wildman–Crippen MR) is 84.4 cm³/mol. The fourth-order valence-corrected chi connectivity index (χ4v) is 3.53. The molecule has 138 valence electrons. The van der Waals surface area contributed by atoms with E-state index >= 15 is 0 Å². The monoisotopic (exact) mass is 458 g/mol. The maximum atomic E-state index is 14.1. The first-order chi connectivity index (χ1) is 12.0. The van der Waals surface area contributed by atoms with Gasteiger partial charge in [0.05, 0.1) is 14.4 Å². The van der Waals surface area contributed by atoms with Gasteiger partial charge in [0, 0.05) is 6.07 Å². The Balaban J connectivity index is 2.25. The van der Waals surface area contributed by atoms with Gasteiger partial charge in [-0.25, -0.2) is 13.5 Å². The average Bonchev–Trinajstić information content (AvgIpc) is 3.12. The third-order valence-corrected chi connectivity index (χ3v) is 5.00. The molecular weight excluding hydrogens is 453 g/mol. The molecule has 0 spiro atoms. The molecule has 0 N–H and O–H groups in total. The molecule has 0 aliphatic heterocycles. The highest BCUT2D eigenvalue weighted by molar-refractivity contribution is 9.11. The minimum Gasteiger partial charge on any atom is -0.229 e. The zero-order valence-corrected chi connectivity index (χ0v) is 14.7. The minimum atomic E-state index is -5.87. The van der Waals surface area contributed by atoms with Crippen molar-refractivity contribution in [3.05, 3.63) is 57.5 Å². The Kier molecular flexibility index (Phi) is 4.63. The van der Waals surface area contributed by atoms with Crippen LogP contribution in [-0.4, -0.2) is 16.0 Å². The van der Waals surface area contributed by atoms with Gasteiger partial charge in [-0.15, -0.1) is 11.3 Å². The molecule has 0 bridgehead atoms. The van der Waals surface area contributed by atoms with Crippen molar-refractivity contribution >= 4 is 27.3 Å². The molecule has 2 heterocycles. The topological polar surface area (TPSA) is 17.8 Å². The summed E-state index contributed by atoms with van der Waals surface area (Å²) in [5.74, 6) is -7.33. The van der Waals surface area contributed by atoms with Crippen molar-refractivity contribution in [1.29, 1.82) is 0 Å². The van der Waals surface area contributed by atoms with Gasteiger partial charge in [0.1, 0.15) is 17.2 Å². The highest BCUT2D eigenvalue weighted by Crippen LogP contribution is 2.45. The van der Waals surface area contributed by atoms with E-state index in [1.165, 1.54) is 6.07 Å². The van der Waals surface area contributed by atoms with E-state index in [4.69, 9.17) is 0 Å². The Morgan fingerprint density at radius 3 is 2.19 bits per heavy atom. The van der Waals surface area contributed by atoms with E-state index in [1.807, 2.05) is 0 Å². The van der Waals surface area contributed by atoms with Gasteiger partial charge in [-0.3, -0.25) is 0 Å². The highest BCUT2D eigenvalue weighted by Gasteiger charge is 2.60. The molecule has 1 aromatic carbocycles. The Bertz CT molecular complexity index is 961. The predicted octanol–water partition coefficient (Wildman–Crippen LogP) is 6.30. The summed E-state index contributed by atoms with van der Waals surface area (Å²) < 4.78 is 93.7. The van der Waals surface area contributed by atoms with Crippen molar-refractivity contribution in [2.45, 2.75) is 12.1 Å². The van der Waals surface area contributed by atoms with E-state index in [2.05, 4.69) is 21.0 Å². The van der Waals surface area contributed by atoms with Crippen molar-refractivity contribution in [1.82, 2.24) is 9.78 Å². The van der Waals surface area contributed by atoms with Crippen LogP contribution in [-0.2, 0) is 5.92 Å². The largest absolute Gasteiger partial charge is 0.459 e. The standard InChI is InChI=1S/C15H6BrF7N2S/c16-13-4-3-11(26-13)10-6-12(14(19,20)15(21,22)23)24-25(10)9-2-1-7(17)5-8(9)18/h1-6H. The minimum absolute atomic E-state index is 0.190. The normalized spacial score (nSPS) is 12.6. The van der Waals surface area contributed by atoms with Crippen LogP contribution in [0.25, 0.3) is 16.3 Å². The van der Waals surface area contributed by atoms with E-state index < -0.39 is 35.1 Å². The molecule has 0 aliphatic rings. The van der Waals surface area contributed by atoms with Crippen LogP contribution in [0.5, 0.6) is 0 Å². The third kappa shape index (κ3) is 3.25. The number of thiophene rings is 1. The highest BCUT2D eigenvalue weighted by atomic mass is 79.9. The van der Waals surface area contributed by atoms with Crippen LogP contribution in [0.15, 0.2) is 40.2 Å². The lowest BCUT2D eigenvalue weighted by Gasteiger charge is -2.16. The maximum Gasteiger partial charge on any atom is 0.459 e. The summed E-state index contributed by atoms with van der Waals surface area (Å²) in [6.45, 7) is 0. The van der Waals surface area contributed by atoms with Crippen molar-refractivity contribution in [3.8, 4) is 16.3 Å². The Labute approximate surface area is 154 Å². The molecule has 0 unspecified atom stereocenters. The fourth-order valence-electron chi connectivity index (χ4n) is 2.14. The van der Waals surface area contributed by atoms with Gasteiger partial charge >= 0.3 is 12.1 Å². The van der Waals surface area contributed by atoms with Crippen LogP contribution in [0, 0.1) is 11.6 Å². The number of rotatable bonds is 3. The second-order valence-corrected chi connectivity index (χ2v) is 7.56. The third-order valence-electron chi connectivity index (χ3n) is 3.35. The van der Waals surface area contributed by atoms with Gasteiger partial charge in [-0.05, 0) is 46.3 Å². The molecule has 0 atom stereocenters. The van der Waals surface area contributed by atoms with Gasteiger partial charge in [0.15, 0.2) is 5.82 Å². The van der Waals surface area contributed by atoms with E-state index in [0.717, 1.165) is 23.5 Å².